The van der Waals surface area contributed by atoms with E-state index in [0.717, 1.165) is 64.9 Å². The van der Waals surface area contributed by atoms with Crippen LogP contribution in [0.1, 0.15) is 25.7 Å². The molecule has 0 aliphatic carbocycles. The maximum atomic E-state index is 11.6. The number of hydrogen-bond donors (Lipinski definition) is 2. The average molecular weight is 460 g/mol. The fourth-order valence-electron chi connectivity index (χ4n) is 5.56. The molecule has 2 aliphatic rings. The van der Waals surface area contributed by atoms with E-state index in [-0.39, 0.29) is 18.1 Å². The molecule has 1 aromatic carbocycles. The topological polar surface area (TPSA) is 129 Å². The lowest BCUT2D eigenvalue weighted by molar-refractivity contribution is 0.0965. The zero-order chi connectivity index (χ0) is 23.4. The van der Waals surface area contributed by atoms with Crippen LogP contribution in [-0.4, -0.2) is 76.7 Å². The van der Waals surface area contributed by atoms with Crippen molar-refractivity contribution in [2.45, 2.75) is 43.8 Å². The van der Waals surface area contributed by atoms with Gasteiger partial charge in [0, 0.05) is 48.7 Å². The summed E-state index contributed by atoms with van der Waals surface area (Å²) in [5.74, 6) is 0.786. The van der Waals surface area contributed by atoms with Crippen LogP contribution in [0.15, 0.2) is 36.7 Å². The number of anilines is 1. The molecule has 0 radical (unpaired) electrons. The SMILES string of the molecule is CN(c1ccc(-c2ccc(-c3cn(C)nn3)c3cn[nH]c23)nn1)C1C[C@H]2CC[C@@H](C1)N2C(=O)O. The number of nitrogens with zero attached hydrogens (tertiary/aromatic N) is 8. The molecule has 3 aromatic heterocycles. The van der Waals surface area contributed by atoms with Crippen molar-refractivity contribution in [2.24, 2.45) is 7.05 Å². The first-order valence-electron chi connectivity index (χ1n) is 11.4. The van der Waals surface area contributed by atoms with E-state index in [0.29, 0.717) is 0 Å². The highest BCUT2D eigenvalue weighted by Gasteiger charge is 2.44. The van der Waals surface area contributed by atoms with Gasteiger partial charge >= 0.3 is 6.09 Å². The van der Waals surface area contributed by atoms with Gasteiger partial charge in [0.25, 0.3) is 0 Å². The fourth-order valence-corrected chi connectivity index (χ4v) is 5.56. The summed E-state index contributed by atoms with van der Waals surface area (Å²) >= 11 is 0. The minimum absolute atomic E-state index is 0.0948. The van der Waals surface area contributed by atoms with Crippen molar-refractivity contribution in [3.05, 3.63) is 36.7 Å². The molecule has 4 aromatic rings. The molecule has 3 atom stereocenters. The third-order valence-electron chi connectivity index (χ3n) is 7.26. The van der Waals surface area contributed by atoms with Crippen LogP contribution in [0.2, 0.25) is 0 Å². The van der Waals surface area contributed by atoms with Gasteiger partial charge in [-0.3, -0.25) is 9.78 Å². The second-order valence-electron chi connectivity index (χ2n) is 9.18. The highest BCUT2D eigenvalue weighted by Crippen LogP contribution is 2.38. The zero-order valence-electron chi connectivity index (χ0n) is 19.0. The highest BCUT2D eigenvalue weighted by molar-refractivity contribution is 6.01. The summed E-state index contributed by atoms with van der Waals surface area (Å²) in [6.45, 7) is 0. The van der Waals surface area contributed by atoms with Crippen LogP contribution in [0.25, 0.3) is 33.4 Å². The first kappa shape index (κ1) is 20.6. The van der Waals surface area contributed by atoms with Crippen LogP contribution in [-0.2, 0) is 7.05 Å². The number of aromatic nitrogens is 7. The van der Waals surface area contributed by atoms with Crippen molar-refractivity contribution in [3.8, 4) is 22.5 Å². The summed E-state index contributed by atoms with van der Waals surface area (Å²) in [5, 5.41) is 35.1. The van der Waals surface area contributed by atoms with Gasteiger partial charge < -0.3 is 14.9 Å². The molecule has 1 unspecified atom stereocenters. The first-order valence-corrected chi connectivity index (χ1v) is 11.4. The molecule has 11 heteroatoms. The number of hydrogen-bond acceptors (Lipinski definition) is 7. The molecule has 5 heterocycles. The molecule has 6 rings (SSSR count). The summed E-state index contributed by atoms with van der Waals surface area (Å²) in [5.41, 5.74) is 4.27. The highest BCUT2D eigenvalue weighted by atomic mass is 16.4. The second kappa shape index (κ2) is 7.79. The zero-order valence-corrected chi connectivity index (χ0v) is 19.0. The first-order chi connectivity index (χ1) is 16.5. The molecule has 2 fully saturated rings. The lowest BCUT2D eigenvalue weighted by Crippen LogP contribution is -2.51. The Bertz CT molecular complexity index is 1350. The van der Waals surface area contributed by atoms with E-state index in [1.54, 1.807) is 15.8 Å². The molecule has 34 heavy (non-hydrogen) atoms. The number of amides is 1. The van der Waals surface area contributed by atoms with Crippen LogP contribution >= 0.6 is 0 Å². The summed E-state index contributed by atoms with van der Waals surface area (Å²) in [7, 11) is 3.86. The van der Waals surface area contributed by atoms with Crippen LogP contribution in [0.5, 0.6) is 0 Å². The van der Waals surface area contributed by atoms with Crippen molar-refractivity contribution < 1.29 is 9.90 Å². The van der Waals surface area contributed by atoms with Crippen molar-refractivity contribution in [1.82, 2.24) is 40.3 Å². The number of benzene rings is 1. The maximum absolute atomic E-state index is 11.6. The van der Waals surface area contributed by atoms with Gasteiger partial charge in [-0.25, -0.2) is 4.79 Å². The van der Waals surface area contributed by atoms with Gasteiger partial charge in [0.15, 0.2) is 5.82 Å². The number of H-pyrrole nitrogens is 1. The van der Waals surface area contributed by atoms with E-state index in [1.807, 2.05) is 44.6 Å². The Kier molecular flexibility index (Phi) is 4.71. The predicted molar refractivity (Wildman–Crippen MR) is 125 cm³/mol. The Hall–Kier alpha value is -4.02. The summed E-state index contributed by atoms with van der Waals surface area (Å²) in [4.78, 5) is 15.4. The summed E-state index contributed by atoms with van der Waals surface area (Å²) in [6.07, 6.45) is 6.39. The molecule has 11 nitrogen and oxygen atoms in total. The number of aryl methyl sites for hydroxylation is 1. The smallest absolute Gasteiger partial charge is 0.407 e. The molecule has 1 amide bonds. The molecule has 2 saturated heterocycles. The number of rotatable bonds is 4. The average Bonchev–Trinajstić information content (AvgIpc) is 3.56. The Morgan fingerprint density at radius 3 is 2.47 bits per heavy atom. The number of fused-ring (bicyclic) bond motifs is 3. The van der Waals surface area contributed by atoms with Gasteiger partial charge in [0.05, 0.1) is 23.6 Å². The molecule has 2 N–H and O–H groups in total. The minimum Gasteiger partial charge on any atom is -0.465 e. The standard InChI is InChI=1S/C23H25N9O2/c1-30-12-20(26-29-30)16-5-6-17(22-18(16)11-24-28-22)19-7-8-21(27-25-19)31(2)15-9-13-3-4-14(10-15)32(13)23(33)34/h5-8,11-15H,3-4,9-10H2,1-2H3,(H,24,28)(H,33,34)/t13-,14+,15?. The summed E-state index contributed by atoms with van der Waals surface area (Å²) in [6, 6.07) is 8.39. The molecule has 0 saturated carbocycles. The largest absolute Gasteiger partial charge is 0.465 e. The van der Waals surface area contributed by atoms with E-state index in [2.05, 4.69) is 35.6 Å². The Balaban J connectivity index is 1.25. The quantitative estimate of drug-likeness (QED) is 0.477. The van der Waals surface area contributed by atoms with E-state index in [1.165, 1.54) is 0 Å². The van der Waals surface area contributed by atoms with E-state index in [4.69, 9.17) is 0 Å². The van der Waals surface area contributed by atoms with Gasteiger partial charge in [0.2, 0.25) is 0 Å². The van der Waals surface area contributed by atoms with Crippen molar-refractivity contribution in [2.75, 3.05) is 11.9 Å². The second-order valence-corrected chi connectivity index (χ2v) is 9.18. The number of carbonyl (C=O) groups is 1. The lowest BCUT2D eigenvalue weighted by Gasteiger charge is -2.41. The Morgan fingerprint density at radius 1 is 1.06 bits per heavy atom. The van der Waals surface area contributed by atoms with Crippen molar-refractivity contribution in [3.63, 3.8) is 0 Å². The number of nitrogens with one attached hydrogen (secondary N) is 1. The lowest BCUT2D eigenvalue weighted by atomic mass is 9.96. The molecular weight excluding hydrogens is 434 g/mol. The normalized spacial score (nSPS) is 21.8. The van der Waals surface area contributed by atoms with Gasteiger partial charge in [-0.1, -0.05) is 11.3 Å². The van der Waals surface area contributed by atoms with Crippen LogP contribution in [0.4, 0.5) is 10.6 Å². The van der Waals surface area contributed by atoms with Gasteiger partial charge in [-0.05, 0) is 43.9 Å². The van der Waals surface area contributed by atoms with E-state index < -0.39 is 6.09 Å². The fraction of sp³-hybridized carbons (Fsp3) is 0.391. The molecule has 2 aliphatic heterocycles. The Labute approximate surface area is 195 Å². The van der Waals surface area contributed by atoms with Gasteiger partial charge in [0.1, 0.15) is 5.69 Å². The van der Waals surface area contributed by atoms with Crippen LogP contribution in [0.3, 0.4) is 0 Å². The van der Waals surface area contributed by atoms with E-state index >= 15 is 0 Å². The Morgan fingerprint density at radius 2 is 1.82 bits per heavy atom. The summed E-state index contributed by atoms with van der Waals surface area (Å²) < 4.78 is 1.67. The maximum Gasteiger partial charge on any atom is 0.407 e. The minimum atomic E-state index is -0.798. The molecule has 2 bridgehead atoms. The van der Waals surface area contributed by atoms with Crippen LogP contribution in [0, 0.1) is 0 Å². The van der Waals surface area contributed by atoms with Crippen molar-refractivity contribution >= 4 is 22.8 Å². The van der Waals surface area contributed by atoms with Gasteiger partial charge in [-0.2, -0.15) is 5.10 Å². The van der Waals surface area contributed by atoms with Gasteiger partial charge in [-0.15, -0.1) is 15.3 Å². The number of aromatic amines is 1. The third kappa shape index (κ3) is 3.27. The van der Waals surface area contributed by atoms with E-state index in [9.17, 15) is 9.90 Å². The monoisotopic (exact) mass is 459 g/mol. The van der Waals surface area contributed by atoms with Crippen LogP contribution < -0.4 is 4.90 Å². The van der Waals surface area contributed by atoms with Crippen molar-refractivity contribution in [1.29, 1.82) is 0 Å². The number of carboxylic acid groups (broad SMARTS) is 1. The predicted octanol–water partition coefficient (Wildman–Crippen LogP) is 2.93. The third-order valence-corrected chi connectivity index (χ3v) is 7.26. The number of piperidine rings is 1. The molecule has 174 valence electrons. The molecular formula is C23H25N9O2. The molecule has 0 spiro atoms.